The molecule has 4 rings (SSSR count). The van der Waals surface area contributed by atoms with Crippen molar-refractivity contribution in [3.8, 4) is 0 Å². The Hall–Kier alpha value is -2.69. The fourth-order valence-electron chi connectivity index (χ4n) is 4.06. The number of piperidine rings is 1. The first-order valence-corrected chi connectivity index (χ1v) is 11.6. The van der Waals surface area contributed by atoms with Crippen LogP contribution < -0.4 is 0 Å². The maximum absolute atomic E-state index is 10.6. The summed E-state index contributed by atoms with van der Waals surface area (Å²) in [5, 5.41) is 17.5. The number of halogens is 6. The summed E-state index contributed by atoms with van der Waals surface area (Å²) in [5.41, 5.74) is 0. The Morgan fingerprint density at radius 1 is 1.14 bits per heavy atom. The van der Waals surface area contributed by atoms with Crippen LogP contribution in [0.25, 0.3) is 0 Å². The SMILES string of the molecule is CO[C@H]1CCN(Cc2nccs2)[C@@H]2CN(Cc3ccco3)C[C@H]12.O=C(O)C(F)(F)F.O=C(O)C(F)(F)F. The van der Waals surface area contributed by atoms with Crippen molar-refractivity contribution in [1.29, 1.82) is 0 Å². The molecule has 2 aromatic rings. The number of rotatable bonds is 5. The molecule has 0 aliphatic carbocycles. The first-order valence-electron chi connectivity index (χ1n) is 10.7. The van der Waals surface area contributed by atoms with E-state index in [0.717, 1.165) is 44.9 Å². The zero-order valence-corrected chi connectivity index (χ0v) is 20.2. The molecule has 3 atom stereocenters. The quantitative estimate of drug-likeness (QED) is 0.527. The first-order chi connectivity index (χ1) is 17.2. The first kappa shape index (κ1) is 30.5. The Morgan fingerprint density at radius 2 is 1.76 bits per heavy atom. The molecule has 16 heteroatoms. The minimum Gasteiger partial charge on any atom is -0.475 e. The predicted molar refractivity (Wildman–Crippen MR) is 117 cm³/mol. The van der Waals surface area contributed by atoms with E-state index in [0.29, 0.717) is 18.1 Å². The number of carboxylic acids is 2. The molecule has 2 aliphatic rings. The summed E-state index contributed by atoms with van der Waals surface area (Å²) < 4.78 is 74.8. The Balaban J connectivity index is 0.000000286. The van der Waals surface area contributed by atoms with Crippen LogP contribution in [0.2, 0.25) is 0 Å². The maximum atomic E-state index is 10.6. The van der Waals surface area contributed by atoms with E-state index >= 15 is 0 Å². The second kappa shape index (κ2) is 13.2. The highest BCUT2D eigenvalue weighted by atomic mass is 32.1. The van der Waals surface area contributed by atoms with Gasteiger partial charge < -0.3 is 19.4 Å². The molecule has 9 nitrogen and oxygen atoms in total. The van der Waals surface area contributed by atoms with Gasteiger partial charge in [0.25, 0.3) is 0 Å². The summed E-state index contributed by atoms with van der Waals surface area (Å²) in [6, 6.07) is 4.57. The number of hydrogen-bond donors (Lipinski definition) is 2. The number of ether oxygens (including phenoxy) is 1. The molecule has 2 fully saturated rings. The molecule has 2 aliphatic heterocycles. The second-order valence-corrected chi connectivity index (χ2v) is 9.05. The lowest BCUT2D eigenvalue weighted by molar-refractivity contribution is -0.193. The topological polar surface area (TPSA) is 116 Å². The van der Waals surface area contributed by atoms with Crippen LogP contribution in [0.15, 0.2) is 34.4 Å². The smallest absolute Gasteiger partial charge is 0.475 e. The number of aromatic nitrogens is 1. The van der Waals surface area contributed by atoms with Crippen LogP contribution in [-0.4, -0.2) is 88.2 Å². The zero-order chi connectivity index (χ0) is 27.8. The molecule has 4 heterocycles. The van der Waals surface area contributed by atoms with Crippen molar-refractivity contribution in [3.05, 3.63) is 40.7 Å². The lowest BCUT2D eigenvalue weighted by Gasteiger charge is -2.40. The summed E-state index contributed by atoms with van der Waals surface area (Å²) in [6.07, 6.45) is -5.03. The van der Waals surface area contributed by atoms with Crippen molar-refractivity contribution in [2.24, 2.45) is 5.92 Å². The van der Waals surface area contributed by atoms with Gasteiger partial charge in [0.15, 0.2) is 0 Å². The van der Waals surface area contributed by atoms with E-state index in [1.54, 1.807) is 17.6 Å². The summed E-state index contributed by atoms with van der Waals surface area (Å²) in [4.78, 5) is 27.4. The number of likely N-dealkylation sites (tertiary alicyclic amines) is 2. The molecular weight excluding hydrogens is 536 g/mol. The summed E-state index contributed by atoms with van der Waals surface area (Å²) in [6.45, 7) is 5.11. The molecule has 0 aromatic carbocycles. The molecule has 0 radical (unpaired) electrons. The van der Waals surface area contributed by atoms with Crippen molar-refractivity contribution in [2.75, 3.05) is 26.7 Å². The fourth-order valence-corrected chi connectivity index (χ4v) is 4.71. The molecule has 0 saturated carbocycles. The normalized spacial score (nSPS) is 22.3. The van der Waals surface area contributed by atoms with Crippen LogP contribution in [0.3, 0.4) is 0 Å². The number of alkyl halides is 6. The summed E-state index contributed by atoms with van der Waals surface area (Å²) >= 11 is 1.75. The van der Waals surface area contributed by atoms with E-state index in [1.807, 2.05) is 19.4 Å². The van der Waals surface area contributed by atoms with Gasteiger partial charge in [-0.05, 0) is 18.6 Å². The van der Waals surface area contributed by atoms with Crippen molar-refractivity contribution in [3.63, 3.8) is 0 Å². The third-order valence-electron chi connectivity index (χ3n) is 5.63. The Labute approximate surface area is 211 Å². The Kier molecular flexibility index (Phi) is 10.9. The Bertz CT molecular complexity index is 947. The Morgan fingerprint density at radius 3 is 2.22 bits per heavy atom. The minimum absolute atomic E-state index is 0.370. The lowest BCUT2D eigenvalue weighted by Crippen LogP contribution is -2.50. The lowest BCUT2D eigenvalue weighted by atomic mass is 9.89. The monoisotopic (exact) mass is 561 g/mol. The van der Waals surface area contributed by atoms with Gasteiger partial charge in [-0.1, -0.05) is 0 Å². The number of carbonyl (C=O) groups is 2. The van der Waals surface area contributed by atoms with E-state index in [2.05, 4.69) is 26.2 Å². The van der Waals surface area contributed by atoms with E-state index in [1.165, 1.54) is 5.01 Å². The van der Waals surface area contributed by atoms with Crippen LogP contribution >= 0.6 is 11.3 Å². The van der Waals surface area contributed by atoms with Gasteiger partial charge in [-0.15, -0.1) is 11.3 Å². The third kappa shape index (κ3) is 9.60. The van der Waals surface area contributed by atoms with E-state index in [-0.39, 0.29) is 0 Å². The van der Waals surface area contributed by atoms with Crippen molar-refractivity contribution in [2.45, 2.75) is 44.0 Å². The number of hydrogen-bond acceptors (Lipinski definition) is 8. The van der Waals surface area contributed by atoms with E-state index < -0.39 is 24.3 Å². The van der Waals surface area contributed by atoms with Gasteiger partial charge in [0, 0.05) is 50.3 Å². The maximum Gasteiger partial charge on any atom is 0.490 e. The van der Waals surface area contributed by atoms with Crippen molar-refractivity contribution >= 4 is 23.3 Å². The van der Waals surface area contributed by atoms with Gasteiger partial charge in [0.1, 0.15) is 10.8 Å². The second-order valence-electron chi connectivity index (χ2n) is 8.07. The minimum atomic E-state index is -5.08. The van der Waals surface area contributed by atoms with Gasteiger partial charge >= 0.3 is 24.3 Å². The molecule has 2 aromatic heterocycles. The van der Waals surface area contributed by atoms with E-state index in [9.17, 15) is 26.3 Å². The van der Waals surface area contributed by atoms with Crippen LogP contribution in [0, 0.1) is 5.92 Å². The number of fused-ring (bicyclic) bond motifs is 1. The van der Waals surface area contributed by atoms with Crippen LogP contribution in [0.1, 0.15) is 17.2 Å². The molecule has 0 unspecified atom stereocenters. The molecule has 2 saturated heterocycles. The van der Waals surface area contributed by atoms with Crippen LogP contribution in [-0.2, 0) is 27.4 Å². The summed E-state index contributed by atoms with van der Waals surface area (Å²) in [5.74, 6) is -3.90. The molecule has 0 amide bonds. The number of nitrogens with zero attached hydrogens (tertiary/aromatic N) is 3. The number of furan rings is 1. The molecular formula is C21H25F6N3O6S. The molecule has 208 valence electrons. The molecule has 0 spiro atoms. The molecule has 37 heavy (non-hydrogen) atoms. The average Bonchev–Trinajstić information content (AvgIpc) is 3.56. The highest BCUT2D eigenvalue weighted by Crippen LogP contribution is 2.34. The number of methoxy groups -OCH3 is 1. The predicted octanol–water partition coefficient (Wildman–Crippen LogP) is 3.72. The van der Waals surface area contributed by atoms with Gasteiger partial charge in [0.2, 0.25) is 0 Å². The average molecular weight is 562 g/mol. The molecule has 2 N–H and O–H groups in total. The largest absolute Gasteiger partial charge is 0.490 e. The van der Waals surface area contributed by atoms with Gasteiger partial charge in [-0.3, -0.25) is 9.80 Å². The van der Waals surface area contributed by atoms with Gasteiger partial charge in [-0.2, -0.15) is 26.3 Å². The standard InChI is InChI=1S/C17H23N3O2S.2C2HF3O2/c1-21-16-4-6-20(12-17-18-5-8-23-17)15-11-19(10-14(15)16)9-13-3-2-7-22-13;2*3-2(4,5)1(6)7/h2-3,5,7-8,14-16H,4,6,9-12H2,1H3;2*(H,6,7)/t14-,15+,16-;;/m0../s1. The number of carboxylic acid groups (broad SMARTS) is 2. The fraction of sp³-hybridized carbons (Fsp3) is 0.571. The highest BCUT2D eigenvalue weighted by Gasteiger charge is 2.44. The van der Waals surface area contributed by atoms with Gasteiger partial charge in [-0.25, -0.2) is 14.6 Å². The number of aliphatic carboxylic acids is 2. The van der Waals surface area contributed by atoms with Crippen molar-refractivity contribution < 1.29 is 55.3 Å². The highest BCUT2D eigenvalue weighted by molar-refractivity contribution is 7.09. The third-order valence-corrected chi connectivity index (χ3v) is 6.39. The van der Waals surface area contributed by atoms with Crippen molar-refractivity contribution in [1.82, 2.24) is 14.8 Å². The van der Waals surface area contributed by atoms with Crippen LogP contribution in [0.4, 0.5) is 26.3 Å². The molecule has 0 bridgehead atoms. The van der Waals surface area contributed by atoms with Crippen LogP contribution in [0.5, 0.6) is 0 Å². The zero-order valence-electron chi connectivity index (χ0n) is 19.4. The van der Waals surface area contributed by atoms with Gasteiger partial charge in [0.05, 0.1) is 25.5 Å². The summed E-state index contributed by atoms with van der Waals surface area (Å²) in [7, 11) is 1.85. The van der Waals surface area contributed by atoms with E-state index in [4.69, 9.17) is 29.0 Å². The number of thiazole rings is 1.